The molecule has 0 fully saturated rings. The van der Waals surface area contributed by atoms with Crippen molar-refractivity contribution in [1.82, 2.24) is 4.98 Å². The van der Waals surface area contributed by atoms with E-state index in [0.29, 0.717) is 12.2 Å². The number of hydrogen-bond acceptors (Lipinski definition) is 6. The number of benzene rings is 1. The molecule has 1 aromatic carbocycles. The van der Waals surface area contributed by atoms with E-state index < -0.39 is 35.4 Å². The number of alkyl halides is 2. The number of nitrogens with zero attached hydrogens (tertiary/aromatic N) is 2. The fourth-order valence-electron chi connectivity index (χ4n) is 2.96. The fourth-order valence-corrected chi connectivity index (χ4v) is 2.96. The van der Waals surface area contributed by atoms with Gasteiger partial charge in [0.05, 0.1) is 0 Å². The van der Waals surface area contributed by atoms with Crippen LogP contribution in [0.15, 0.2) is 34.0 Å². The van der Waals surface area contributed by atoms with Crippen molar-refractivity contribution in [3.63, 3.8) is 0 Å². The number of carbonyl (C=O) groups is 1. The Labute approximate surface area is 158 Å². The normalized spacial score (nSPS) is 21.7. The van der Waals surface area contributed by atoms with Gasteiger partial charge in [-0.05, 0) is 25.1 Å². The molecule has 2 aromatic rings. The summed E-state index contributed by atoms with van der Waals surface area (Å²) in [5.74, 6) is -4.85. The number of rotatable bonds is 4. The van der Waals surface area contributed by atoms with Crippen molar-refractivity contribution in [2.24, 2.45) is 10.7 Å². The summed E-state index contributed by atoms with van der Waals surface area (Å²) in [5.41, 5.74) is 3.06. The number of aryl methyl sites for hydroxylation is 1. The summed E-state index contributed by atoms with van der Waals surface area (Å²) in [6, 6.07) is 3.34. The Balaban J connectivity index is 1.99. The molecule has 1 amide bonds. The summed E-state index contributed by atoms with van der Waals surface area (Å²) in [6.07, 6.45) is 1.57. The van der Waals surface area contributed by atoms with Crippen LogP contribution in [0, 0.1) is 5.82 Å². The first-order valence-electron chi connectivity index (χ1n) is 8.51. The number of hydrogen-bond donors (Lipinski definition) is 2. The number of oxazole rings is 1. The van der Waals surface area contributed by atoms with E-state index in [1.54, 1.807) is 6.92 Å². The van der Waals surface area contributed by atoms with Crippen LogP contribution in [0.4, 0.5) is 18.9 Å². The number of aliphatic imine (C=N–C) groups is 1. The first-order valence-corrected chi connectivity index (χ1v) is 8.51. The Bertz CT molecular complexity index is 929. The van der Waals surface area contributed by atoms with Crippen molar-refractivity contribution in [3.8, 4) is 0 Å². The van der Waals surface area contributed by atoms with Crippen LogP contribution in [-0.4, -0.2) is 35.9 Å². The van der Waals surface area contributed by atoms with Crippen LogP contribution >= 0.6 is 0 Å². The van der Waals surface area contributed by atoms with Gasteiger partial charge in [0.15, 0.2) is 17.6 Å². The zero-order valence-electron chi connectivity index (χ0n) is 15.3. The van der Waals surface area contributed by atoms with Gasteiger partial charge in [0.2, 0.25) is 0 Å². The fraction of sp³-hybridized carbons (Fsp3) is 0.389. The lowest BCUT2D eigenvalue weighted by Crippen LogP contribution is -2.45. The molecule has 1 aliphatic heterocycles. The topological polar surface area (TPSA) is 103 Å². The van der Waals surface area contributed by atoms with Crippen LogP contribution in [0.25, 0.3) is 0 Å². The molecular formula is C18H19F3N4O3. The number of nitrogens with two attached hydrogens (primary N) is 1. The molecule has 1 atom stereocenters. The smallest absolute Gasteiger partial charge is 0.299 e. The summed E-state index contributed by atoms with van der Waals surface area (Å²) in [7, 11) is 0. The molecule has 0 unspecified atom stereocenters. The molecule has 1 aromatic heterocycles. The van der Waals surface area contributed by atoms with Gasteiger partial charge in [-0.2, -0.15) is 0 Å². The van der Waals surface area contributed by atoms with Gasteiger partial charge in [0.1, 0.15) is 30.6 Å². The highest BCUT2D eigenvalue weighted by Crippen LogP contribution is 2.44. The molecule has 150 valence electrons. The molecule has 10 heteroatoms. The maximum atomic E-state index is 14.7. The molecule has 0 radical (unpaired) electrons. The number of aromatic nitrogens is 1. The third-order valence-electron chi connectivity index (χ3n) is 4.54. The second-order valence-corrected chi connectivity index (χ2v) is 6.50. The summed E-state index contributed by atoms with van der Waals surface area (Å²) in [6.45, 7) is 1.61. The van der Waals surface area contributed by atoms with Gasteiger partial charge in [-0.3, -0.25) is 9.79 Å². The van der Waals surface area contributed by atoms with Crippen LogP contribution in [0.1, 0.15) is 35.7 Å². The third kappa shape index (κ3) is 3.47. The van der Waals surface area contributed by atoms with Crippen molar-refractivity contribution in [3.05, 3.63) is 47.4 Å². The molecule has 0 bridgehead atoms. The molecular weight excluding hydrogens is 377 g/mol. The van der Waals surface area contributed by atoms with Crippen LogP contribution in [0.3, 0.4) is 0 Å². The summed E-state index contributed by atoms with van der Waals surface area (Å²) >= 11 is 0. The molecule has 7 nitrogen and oxygen atoms in total. The van der Waals surface area contributed by atoms with E-state index in [4.69, 9.17) is 14.9 Å². The van der Waals surface area contributed by atoms with Crippen LogP contribution in [0.2, 0.25) is 0 Å². The van der Waals surface area contributed by atoms with Crippen LogP contribution in [-0.2, 0) is 16.7 Å². The average molecular weight is 396 g/mol. The molecule has 28 heavy (non-hydrogen) atoms. The number of halogens is 3. The highest BCUT2D eigenvalue weighted by Gasteiger charge is 2.54. The van der Waals surface area contributed by atoms with Gasteiger partial charge in [0, 0.05) is 17.7 Å². The number of nitrogens with one attached hydrogen (secondary N) is 1. The van der Waals surface area contributed by atoms with Gasteiger partial charge >= 0.3 is 0 Å². The van der Waals surface area contributed by atoms with E-state index in [0.717, 1.165) is 25.5 Å². The van der Waals surface area contributed by atoms with E-state index in [-0.39, 0.29) is 23.8 Å². The zero-order chi connectivity index (χ0) is 20.5. The Morgan fingerprint density at radius 1 is 1.39 bits per heavy atom. The first-order chi connectivity index (χ1) is 13.2. The number of anilines is 1. The monoisotopic (exact) mass is 396 g/mol. The first kappa shape index (κ1) is 19.9. The molecule has 3 N–H and O–H groups in total. The van der Waals surface area contributed by atoms with E-state index in [1.165, 1.54) is 6.07 Å². The molecule has 0 aliphatic carbocycles. The number of amidine groups is 1. The quantitative estimate of drug-likeness (QED) is 0.827. The lowest BCUT2D eigenvalue weighted by atomic mass is 9.85. The lowest BCUT2D eigenvalue weighted by Gasteiger charge is -2.33. The number of ether oxygens (including phenoxy) is 1. The Kier molecular flexibility index (Phi) is 5.16. The highest BCUT2D eigenvalue weighted by molar-refractivity contribution is 6.03. The van der Waals surface area contributed by atoms with Gasteiger partial charge in [-0.1, -0.05) is 6.92 Å². The molecule has 2 heterocycles. The Morgan fingerprint density at radius 2 is 2.14 bits per heavy atom. The summed E-state index contributed by atoms with van der Waals surface area (Å²) < 4.78 is 53.9. The predicted molar refractivity (Wildman–Crippen MR) is 95.0 cm³/mol. The second kappa shape index (κ2) is 7.27. The Morgan fingerprint density at radius 3 is 2.86 bits per heavy atom. The minimum absolute atomic E-state index is 0.0649. The number of amides is 1. The van der Waals surface area contributed by atoms with Gasteiger partial charge in [-0.25, -0.2) is 18.2 Å². The van der Waals surface area contributed by atoms with Gasteiger partial charge in [0.25, 0.3) is 11.8 Å². The molecule has 1 aliphatic rings. The highest BCUT2D eigenvalue weighted by atomic mass is 19.3. The van der Waals surface area contributed by atoms with Gasteiger partial charge < -0.3 is 20.2 Å². The molecule has 3 rings (SSSR count). The molecule has 0 spiro atoms. The van der Waals surface area contributed by atoms with Crippen molar-refractivity contribution in [2.45, 2.75) is 31.7 Å². The number of carbonyl (C=O) groups excluding carboxylic acids is 1. The molecule has 0 saturated carbocycles. The molecule has 0 saturated heterocycles. The van der Waals surface area contributed by atoms with E-state index in [9.17, 15) is 18.0 Å². The van der Waals surface area contributed by atoms with Gasteiger partial charge in [-0.15, -0.1) is 0 Å². The summed E-state index contributed by atoms with van der Waals surface area (Å²) in [5, 5.41) is 2.51. The van der Waals surface area contributed by atoms with Crippen molar-refractivity contribution >= 4 is 17.4 Å². The van der Waals surface area contributed by atoms with Crippen molar-refractivity contribution in [2.75, 3.05) is 18.5 Å². The second-order valence-electron chi connectivity index (χ2n) is 6.50. The van der Waals surface area contributed by atoms with E-state index in [1.807, 2.05) is 0 Å². The largest absolute Gasteiger partial charge is 0.448 e. The van der Waals surface area contributed by atoms with Crippen LogP contribution in [0.5, 0.6) is 0 Å². The average Bonchev–Trinajstić information content (AvgIpc) is 3.07. The van der Waals surface area contributed by atoms with E-state index >= 15 is 0 Å². The minimum Gasteiger partial charge on any atom is -0.448 e. The predicted octanol–water partition coefficient (Wildman–Crippen LogP) is 2.87. The summed E-state index contributed by atoms with van der Waals surface area (Å²) in [4.78, 5) is 20.1. The SMILES string of the molecule is CCc1ocnc1C(=O)Nc1ccc(F)c([C@@]2(C)N=C(N)COCC2(F)F)c1. The van der Waals surface area contributed by atoms with E-state index in [2.05, 4.69) is 15.3 Å². The zero-order valence-corrected chi connectivity index (χ0v) is 15.3. The third-order valence-corrected chi connectivity index (χ3v) is 4.54. The standard InChI is InChI=1S/C18H19F3N4O3/c1-3-13-15(23-9-28-13)16(26)24-10-4-5-12(19)11(6-10)17(2)18(20,21)8-27-7-14(22)25-17/h4-6,9H,3,7-8H2,1-2H3,(H2,22,25)(H,24,26)/t17-/m1/s1. The lowest BCUT2D eigenvalue weighted by molar-refractivity contribution is -0.116. The van der Waals surface area contributed by atoms with Crippen molar-refractivity contribution < 1.29 is 27.1 Å². The maximum absolute atomic E-state index is 14.7. The van der Waals surface area contributed by atoms with Crippen LogP contribution < -0.4 is 11.1 Å². The van der Waals surface area contributed by atoms with Crippen molar-refractivity contribution in [1.29, 1.82) is 0 Å². The maximum Gasteiger partial charge on any atom is 0.299 e. The Hall–Kier alpha value is -2.88. The minimum atomic E-state index is -3.53.